The molecule has 3 fully saturated rings. The third-order valence-electron chi connectivity index (χ3n) is 6.87. The van der Waals surface area contributed by atoms with E-state index in [2.05, 4.69) is 15.2 Å². The number of rotatable bonds is 5. The Morgan fingerprint density at radius 2 is 1.80 bits per heavy atom. The molecule has 0 atom stereocenters. The number of benzene rings is 1. The summed E-state index contributed by atoms with van der Waals surface area (Å²) in [5.74, 6) is 0.945. The molecule has 2 saturated heterocycles. The van der Waals surface area contributed by atoms with Gasteiger partial charge in [0.15, 0.2) is 5.96 Å². The highest BCUT2D eigenvalue weighted by Crippen LogP contribution is 2.45. The van der Waals surface area contributed by atoms with Gasteiger partial charge < -0.3 is 15.0 Å². The first-order valence-electron chi connectivity index (χ1n) is 11.1. The van der Waals surface area contributed by atoms with E-state index in [1.165, 1.54) is 32.1 Å². The lowest BCUT2D eigenvalue weighted by atomic mass is 9.86. The highest BCUT2D eigenvalue weighted by Gasteiger charge is 2.41. The van der Waals surface area contributed by atoms with E-state index in [1.54, 1.807) is 4.31 Å². The number of ether oxygens (including phenoxy) is 1. The third-order valence-corrected chi connectivity index (χ3v) is 8.70. The molecule has 4 rings (SSSR count). The third kappa shape index (κ3) is 4.81. The summed E-state index contributed by atoms with van der Waals surface area (Å²) in [5, 5.41) is 3.49. The van der Waals surface area contributed by atoms with Gasteiger partial charge in [-0.3, -0.25) is 4.99 Å². The summed E-state index contributed by atoms with van der Waals surface area (Å²) >= 11 is 0. The number of nitrogens with zero attached hydrogens (tertiary/aromatic N) is 3. The van der Waals surface area contributed by atoms with Gasteiger partial charge in [-0.15, -0.1) is 0 Å². The highest BCUT2D eigenvalue weighted by molar-refractivity contribution is 7.88. The van der Waals surface area contributed by atoms with Crippen LogP contribution in [-0.2, 0) is 27.1 Å². The minimum atomic E-state index is -3.35. The molecule has 2 aliphatic heterocycles. The van der Waals surface area contributed by atoms with Crippen LogP contribution in [0.25, 0.3) is 0 Å². The van der Waals surface area contributed by atoms with Crippen LogP contribution in [0.15, 0.2) is 29.3 Å². The zero-order valence-electron chi connectivity index (χ0n) is 18.0. The standard InChI is InChI=1S/C22H34N4O3S/c1-23-21(25-11-10-22(18-25)8-4-5-9-22)24-16-19-6-2-3-7-20(19)17-30(27,28)26-12-14-29-15-13-26/h2-3,6-7H,4-5,8-18H2,1H3,(H,23,24). The molecule has 2 heterocycles. The Bertz CT molecular complexity index is 859. The van der Waals surface area contributed by atoms with Crippen molar-refractivity contribution in [3.63, 3.8) is 0 Å². The molecule has 0 amide bonds. The van der Waals surface area contributed by atoms with Gasteiger partial charge in [0.2, 0.25) is 10.0 Å². The van der Waals surface area contributed by atoms with Crippen molar-refractivity contribution < 1.29 is 13.2 Å². The van der Waals surface area contributed by atoms with E-state index in [9.17, 15) is 8.42 Å². The van der Waals surface area contributed by atoms with Crippen molar-refractivity contribution in [1.82, 2.24) is 14.5 Å². The number of aliphatic imine (C=N–C) groups is 1. The minimum absolute atomic E-state index is 0.0241. The summed E-state index contributed by atoms with van der Waals surface area (Å²) in [7, 11) is -1.52. The molecule has 1 N–H and O–H groups in total. The molecule has 7 nitrogen and oxygen atoms in total. The molecule has 0 radical (unpaired) electrons. The molecule has 1 aromatic carbocycles. The molecule has 166 valence electrons. The van der Waals surface area contributed by atoms with Crippen LogP contribution in [0.2, 0.25) is 0 Å². The van der Waals surface area contributed by atoms with Crippen LogP contribution in [0.5, 0.6) is 0 Å². The summed E-state index contributed by atoms with van der Waals surface area (Å²) in [6, 6.07) is 7.80. The van der Waals surface area contributed by atoms with E-state index in [-0.39, 0.29) is 5.75 Å². The molecule has 1 spiro atoms. The van der Waals surface area contributed by atoms with Crippen molar-refractivity contribution in [2.45, 2.75) is 44.4 Å². The first kappa shape index (κ1) is 21.6. The largest absolute Gasteiger partial charge is 0.379 e. The molecule has 1 aliphatic carbocycles. The van der Waals surface area contributed by atoms with Crippen LogP contribution >= 0.6 is 0 Å². The predicted octanol–water partition coefficient (Wildman–Crippen LogP) is 2.19. The highest BCUT2D eigenvalue weighted by atomic mass is 32.2. The Labute approximate surface area is 180 Å². The monoisotopic (exact) mass is 434 g/mol. The molecule has 3 aliphatic rings. The Balaban J connectivity index is 1.40. The molecule has 0 aromatic heterocycles. The molecule has 0 unspecified atom stereocenters. The summed E-state index contributed by atoms with van der Waals surface area (Å²) in [6.45, 7) is 4.52. The van der Waals surface area contributed by atoms with E-state index in [1.807, 2.05) is 31.3 Å². The average molecular weight is 435 g/mol. The topological polar surface area (TPSA) is 74.2 Å². The summed E-state index contributed by atoms with van der Waals surface area (Å²) in [6.07, 6.45) is 6.63. The fourth-order valence-electron chi connectivity index (χ4n) is 5.14. The van der Waals surface area contributed by atoms with E-state index in [0.717, 1.165) is 30.2 Å². The van der Waals surface area contributed by atoms with Gasteiger partial charge in [0.25, 0.3) is 0 Å². The fraction of sp³-hybridized carbons (Fsp3) is 0.682. The van der Waals surface area contributed by atoms with E-state index < -0.39 is 10.0 Å². The van der Waals surface area contributed by atoms with Gasteiger partial charge in [0.05, 0.1) is 19.0 Å². The van der Waals surface area contributed by atoms with Crippen molar-refractivity contribution in [3.05, 3.63) is 35.4 Å². The maximum absolute atomic E-state index is 12.9. The molecular weight excluding hydrogens is 400 g/mol. The Kier molecular flexibility index (Phi) is 6.65. The lowest BCUT2D eigenvalue weighted by Gasteiger charge is -2.27. The maximum Gasteiger partial charge on any atom is 0.218 e. The number of hydrogen-bond donors (Lipinski definition) is 1. The summed E-state index contributed by atoms with van der Waals surface area (Å²) in [5.41, 5.74) is 2.34. The number of hydrogen-bond acceptors (Lipinski definition) is 4. The van der Waals surface area contributed by atoms with Gasteiger partial charge in [-0.2, -0.15) is 4.31 Å². The van der Waals surface area contributed by atoms with E-state index in [0.29, 0.717) is 38.3 Å². The van der Waals surface area contributed by atoms with Crippen molar-refractivity contribution in [3.8, 4) is 0 Å². The first-order valence-corrected chi connectivity index (χ1v) is 12.7. The Morgan fingerprint density at radius 3 is 2.50 bits per heavy atom. The van der Waals surface area contributed by atoms with Crippen LogP contribution in [0.3, 0.4) is 0 Å². The number of morpholine rings is 1. The molecule has 0 bridgehead atoms. The summed E-state index contributed by atoms with van der Waals surface area (Å²) in [4.78, 5) is 6.88. The average Bonchev–Trinajstić information content (AvgIpc) is 3.40. The van der Waals surface area contributed by atoms with Gasteiger partial charge in [0.1, 0.15) is 0 Å². The Hall–Kier alpha value is -1.64. The van der Waals surface area contributed by atoms with Crippen molar-refractivity contribution in [1.29, 1.82) is 0 Å². The van der Waals surface area contributed by atoms with E-state index >= 15 is 0 Å². The smallest absolute Gasteiger partial charge is 0.218 e. The molecule has 8 heteroatoms. The van der Waals surface area contributed by atoms with Gasteiger partial charge >= 0.3 is 0 Å². The quantitative estimate of drug-likeness (QED) is 0.568. The van der Waals surface area contributed by atoms with Crippen LogP contribution in [0.1, 0.15) is 43.2 Å². The van der Waals surface area contributed by atoms with Gasteiger partial charge in [-0.25, -0.2) is 8.42 Å². The first-order chi connectivity index (χ1) is 14.5. The molecule has 1 saturated carbocycles. The fourth-order valence-corrected chi connectivity index (χ4v) is 6.70. The zero-order chi connectivity index (χ0) is 21.0. The Morgan fingerprint density at radius 1 is 1.10 bits per heavy atom. The molecular formula is C22H34N4O3S. The second-order valence-corrected chi connectivity index (χ2v) is 10.8. The van der Waals surface area contributed by atoms with Crippen LogP contribution < -0.4 is 5.32 Å². The van der Waals surface area contributed by atoms with Gasteiger partial charge in [-0.1, -0.05) is 37.1 Å². The molecule has 30 heavy (non-hydrogen) atoms. The predicted molar refractivity (Wildman–Crippen MR) is 119 cm³/mol. The number of likely N-dealkylation sites (tertiary alicyclic amines) is 1. The normalized spacial score (nSPS) is 22.7. The van der Waals surface area contributed by atoms with Crippen LogP contribution in [0, 0.1) is 5.41 Å². The number of guanidine groups is 1. The maximum atomic E-state index is 12.9. The van der Waals surface area contributed by atoms with Crippen LogP contribution in [-0.4, -0.2) is 70.0 Å². The second kappa shape index (κ2) is 9.24. The zero-order valence-corrected chi connectivity index (χ0v) is 18.8. The van der Waals surface area contributed by atoms with Crippen molar-refractivity contribution >= 4 is 16.0 Å². The lowest BCUT2D eigenvalue weighted by molar-refractivity contribution is 0.0729. The van der Waals surface area contributed by atoms with Crippen molar-refractivity contribution in [2.75, 3.05) is 46.4 Å². The number of sulfonamides is 1. The summed E-state index contributed by atoms with van der Waals surface area (Å²) < 4.78 is 32.6. The minimum Gasteiger partial charge on any atom is -0.379 e. The van der Waals surface area contributed by atoms with Crippen LogP contribution in [0.4, 0.5) is 0 Å². The lowest BCUT2D eigenvalue weighted by Crippen LogP contribution is -2.42. The van der Waals surface area contributed by atoms with Crippen molar-refractivity contribution in [2.24, 2.45) is 10.4 Å². The SMILES string of the molecule is CN=C(NCc1ccccc1CS(=O)(=O)N1CCOCC1)N1CCC2(CCCC2)C1. The molecule has 1 aromatic rings. The number of nitrogens with one attached hydrogen (secondary N) is 1. The van der Waals surface area contributed by atoms with Gasteiger partial charge in [0, 0.05) is 39.8 Å². The second-order valence-electron chi connectivity index (χ2n) is 8.82. The van der Waals surface area contributed by atoms with E-state index in [4.69, 9.17) is 4.74 Å². The van der Waals surface area contributed by atoms with Gasteiger partial charge in [-0.05, 0) is 35.8 Å².